The highest BCUT2D eigenvalue weighted by Gasteiger charge is 2.22. The van der Waals surface area contributed by atoms with Crippen LogP contribution in [0.1, 0.15) is 23.1 Å². The molecular formula is C15H16BrN3O. The number of furan rings is 1. The maximum Gasteiger partial charge on any atom is 0.134 e. The second-order valence-corrected chi connectivity index (χ2v) is 5.77. The van der Waals surface area contributed by atoms with E-state index < -0.39 is 0 Å². The zero-order valence-corrected chi connectivity index (χ0v) is 13.2. The van der Waals surface area contributed by atoms with Crippen LogP contribution in [0, 0.1) is 6.92 Å². The molecule has 2 aromatic heterocycles. The van der Waals surface area contributed by atoms with Crippen LogP contribution in [0.2, 0.25) is 0 Å². The minimum absolute atomic E-state index is 0.0374. The molecule has 104 valence electrons. The number of hydrogen-bond acceptors (Lipinski definition) is 3. The normalized spacial score (nSPS) is 13.0. The molecule has 0 aliphatic rings. The predicted molar refractivity (Wildman–Crippen MR) is 82.8 cm³/mol. The van der Waals surface area contributed by atoms with E-state index in [9.17, 15) is 0 Å². The number of nitrogens with zero attached hydrogens (tertiary/aromatic N) is 2. The molecule has 0 aliphatic carbocycles. The summed E-state index contributed by atoms with van der Waals surface area (Å²) in [6.45, 7) is 2.08. The summed E-state index contributed by atoms with van der Waals surface area (Å²) in [5.74, 6) is 0.886. The van der Waals surface area contributed by atoms with E-state index in [1.807, 2.05) is 24.8 Å². The first-order valence-electron chi connectivity index (χ1n) is 6.45. The summed E-state index contributed by atoms with van der Waals surface area (Å²) in [5.41, 5.74) is 3.18. The van der Waals surface area contributed by atoms with E-state index in [0.717, 1.165) is 26.9 Å². The zero-order valence-electron chi connectivity index (χ0n) is 11.6. The molecule has 2 heterocycles. The summed E-state index contributed by atoms with van der Waals surface area (Å²) in [6.07, 6.45) is 1.80. The molecule has 5 heteroatoms. The Labute approximate surface area is 125 Å². The second kappa shape index (κ2) is 5.07. The minimum Gasteiger partial charge on any atom is -0.459 e. The van der Waals surface area contributed by atoms with E-state index in [4.69, 9.17) is 4.42 Å². The van der Waals surface area contributed by atoms with Gasteiger partial charge in [0, 0.05) is 12.4 Å². The van der Waals surface area contributed by atoms with Gasteiger partial charge >= 0.3 is 0 Å². The number of fused-ring (bicyclic) bond motifs is 1. The Bertz CT molecular complexity index is 740. The number of nitrogens with one attached hydrogen (secondary N) is 1. The van der Waals surface area contributed by atoms with Gasteiger partial charge in [-0.05, 0) is 48.1 Å². The Morgan fingerprint density at radius 2 is 2.15 bits per heavy atom. The van der Waals surface area contributed by atoms with E-state index in [1.54, 1.807) is 6.20 Å². The molecule has 0 saturated heterocycles. The zero-order chi connectivity index (χ0) is 14.3. The van der Waals surface area contributed by atoms with Gasteiger partial charge in [-0.25, -0.2) is 0 Å². The van der Waals surface area contributed by atoms with Crippen LogP contribution < -0.4 is 5.32 Å². The first-order chi connectivity index (χ1) is 9.60. The lowest BCUT2D eigenvalue weighted by Gasteiger charge is -2.14. The van der Waals surface area contributed by atoms with Crippen molar-refractivity contribution in [3.63, 3.8) is 0 Å². The van der Waals surface area contributed by atoms with Crippen molar-refractivity contribution in [1.29, 1.82) is 0 Å². The molecule has 1 aromatic carbocycles. The van der Waals surface area contributed by atoms with E-state index >= 15 is 0 Å². The third kappa shape index (κ3) is 2.17. The molecule has 0 radical (unpaired) electrons. The van der Waals surface area contributed by atoms with Crippen molar-refractivity contribution in [2.45, 2.75) is 13.0 Å². The average Bonchev–Trinajstić information content (AvgIpc) is 2.97. The lowest BCUT2D eigenvalue weighted by molar-refractivity contribution is 0.472. The number of rotatable bonds is 3. The number of benzene rings is 1. The van der Waals surface area contributed by atoms with Gasteiger partial charge in [0.15, 0.2) is 0 Å². The van der Waals surface area contributed by atoms with Crippen LogP contribution in [0.4, 0.5) is 0 Å². The van der Waals surface area contributed by atoms with Gasteiger partial charge in [0.25, 0.3) is 0 Å². The van der Waals surface area contributed by atoms with Crippen LogP contribution >= 0.6 is 15.9 Å². The van der Waals surface area contributed by atoms with Crippen molar-refractivity contribution < 1.29 is 4.42 Å². The predicted octanol–water partition coefficient (Wildman–Crippen LogP) is 3.55. The summed E-state index contributed by atoms with van der Waals surface area (Å²) in [4.78, 5) is 0. The molecule has 3 rings (SSSR count). The molecule has 0 spiro atoms. The van der Waals surface area contributed by atoms with E-state index in [-0.39, 0.29) is 6.04 Å². The molecule has 20 heavy (non-hydrogen) atoms. The van der Waals surface area contributed by atoms with Gasteiger partial charge in [-0.2, -0.15) is 5.10 Å². The fourth-order valence-electron chi connectivity index (χ4n) is 2.48. The monoisotopic (exact) mass is 333 g/mol. The maximum absolute atomic E-state index is 5.99. The molecule has 4 nitrogen and oxygen atoms in total. The van der Waals surface area contributed by atoms with E-state index in [0.29, 0.717) is 0 Å². The molecule has 1 N–H and O–H groups in total. The van der Waals surface area contributed by atoms with Crippen LogP contribution in [0.25, 0.3) is 11.0 Å². The second-order valence-electron chi connectivity index (χ2n) is 4.91. The molecule has 3 aromatic rings. The van der Waals surface area contributed by atoms with Crippen LogP contribution in [0.3, 0.4) is 0 Å². The van der Waals surface area contributed by atoms with Gasteiger partial charge < -0.3 is 9.73 Å². The summed E-state index contributed by atoms with van der Waals surface area (Å²) in [6, 6.07) is 8.25. The number of halogens is 1. The van der Waals surface area contributed by atoms with Gasteiger partial charge in [-0.15, -0.1) is 0 Å². The Balaban J connectivity index is 2.12. The molecule has 1 atom stereocenters. The third-order valence-corrected chi connectivity index (χ3v) is 4.09. The van der Waals surface area contributed by atoms with Gasteiger partial charge in [0.05, 0.1) is 16.4 Å². The molecule has 0 bridgehead atoms. The smallest absolute Gasteiger partial charge is 0.134 e. The highest BCUT2D eigenvalue weighted by atomic mass is 79.9. The fourth-order valence-corrected chi connectivity index (χ4v) is 3.06. The van der Waals surface area contributed by atoms with Crippen LogP contribution in [-0.4, -0.2) is 16.8 Å². The van der Waals surface area contributed by atoms with Crippen molar-refractivity contribution >= 4 is 26.9 Å². The average molecular weight is 334 g/mol. The SMILES string of the molecule is CNC(c1cc2cc(C)ccc2o1)c1c(Br)cnn1C. The lowest BCUT2D eigenvalue weighted by atomic mass is 10.1. The van der Waals surface area contributed by atoms with E-state index in [2.05, 4.69) is 51.5 Å². The van der Waals surface area contributed by atoms with Gasteiger partial charge in [-0.3, -0.25) is 4.68 Å². The quantitative estimate of drug-likeness (QED) is 0.797. The number of aromatic nitrogens is 2. The highest BCUT2D eigenvalue weighted by molar-refractivity contribution is 9.10. The Kier molecular flexibility index (Phi) is 3.40. The third-order valence-electron chi connectivity index (χ3n) is 3.48. The van der Waals surface area contributed by atoms with E-state index in [1.165, 1.54) is 5.56 Å². The molecule has 0 saturated carbocycles. The summed E-state index contributed by atoms with van der Waals surface area (Å²) < 4.78 is 8.80. The van der Waals surface area contributed by atoms with Crippen molar-refractivity contribution in [3.8, 4) is 0 Å². The minimum atomic E-state index is -0.0374. The van der Waals surface area contributed by atoms with Gasteiger partial charge in [0.2, 0.25) is 0 Å². The highest BCUT2D eigenvalue weighted by Crippen LogP contribution is 2.31. The molecule has 0 fully saturated rings. The van der Waals surface area contributed by atoms with Gasteiger partial charge in [0.1, 0.15) is 17.4 Å². The van der Waals surface area contributed by atoms with Gasteiger partial charge in [-0.1, -0.05) is 11.6 Å². The Hall–Kier alpha value is -1.59. The Morgan fingerprint density at radius 1 is 1.35 bits per heavy atom. The summed E-state index contributed by atoms with van der Waals surface area (Å²) in [5, 5.41) is 8.68. The van der Waals surface area contributed by atoms with Crippen molar-refractivity contribution in [1.82, 2.24) is 15.1 Å². The standard InChI is InChI=1S/C15H16BrN3O/c1-9-4-5-12-10(6-9)7-13(20-12)14(17-2)15-11(16)8-18-19(15)3/h4-8,14,17H,1-3H3. The van der Waals surface area contributed by atoms with Crippen molar-refractivity contribution in [2.24, 2.45) is 7.05 Å². The van der Waals surface area contributed by atoms with Crippen LogP contribution in [0.15, 0.2) is 39.4 Å². The van der Waals surface area contributed by atoms with Crippen molar-refractivity contribution in [3.05, 3.63) is 52.0 Å². The first kappa shape index (κ1) is 13.4. The summed E-state index contributed by atoms with van der Waals surface area (Å²) >= 11 is 3.55. The molecular weight excluding hydrogens is 318 g/mol. The number of hydrogen-bond donors (Lipinski definition) is 1. The lowest BCUT2D eigenvalue weighted by Crippen LogP contribution is -2.20. The molecule has 1 unspecified atom stereocenters. The van der Waals surface area contributed by atoms with Crippen LogP contribution in [-0.2, 0) is 7.05 Å². The molecule has 0 amide bonds. The fraction of sp³-hybridized carbons (Fsp3) is 0.267. The Morgan fingerprint density at radius 3 is 2.80 bits per heavy atom. The first-order valence-corrected chi connectivity index (χ1v) is 7.24. The maximum atomic E-state index is 5.99. The number of aryl methyl sites for hydroxylation is 2. The van der Waals surface area contributed by atoms with Crippen molar-refractivity contribution in [2.75, 3.05) is 7.05 Å². The molecule has 0 aliphatic heterocycles. The topological polar surface area (TPSA) is 43.0 Å². The summed E-state index contributed by atoms with van der Waals surface area (Å²) in [7, 11) is 3.85. The van der Waals surface area contributed by atoms with Crippen LogP contribution in [0.5, 0.6) is 0 Å². The largest absolute Gasteiger partial charge is 0.459 e.